The van der Waals surface area contributed by atoms with Crippen molar-refractivity contribution < 1.29 is 9.53 Å². The predicted molar refractivity (Wildman–Crippen MR) is 81.7 cm³/mol. The molecule has 22 heavy (non-hydrogen) atoms. The first-order valence-electron chi connectivity index (χ1n) is 6.61. The molecule has 0 aliphatic heterocycles. The Kier molecular flexibility index (Phi) is 3.05. The molecule has 0 aliphatic rings. The van der Waals surface area contributed by atoms with Gasteiger partial charge >= 0.3 is 5.97 Å². The zero-order valence-electron chi connectivity index (χ0n) is 11.3. The minimum atomic E-state index is -0.451. The molecule has 0 N–H and O–H groups in total. The summed E-state index contributed by atoms with van der Waals surface area (Å²) in [6.07, 6.45) is 4.80. The van der Waals surface area contributed by atoms with Gasteiger partial charge in [-0.05, 0) is 18.2 Å². The highest BCUT2D eigenvalue weighted by atomic mass is 32.1. The minimum absolute atomic E-state index is 0.141. The average Bonchev–Trinajstić information content (AvgIpc) is 3.16. The van der Waals surface area contributed by atoms with E-state index in [0.717, 1.165) is 15.2 Å². The van der Waals surface area contributed by atoms with Gasteiger partial charge in [-0.1, -0.05) is 12.1 Å². The fourth-order valence-corrected chi connectivity index (χ4v) is 3.04. The van der Waals surface area contributed by atoms with Crippen LogP contribution >= 0.6 is 11.3 Å². The lowest BCUT2D eigenvalue weighted by molar-refractivity contribution is 0.0474. The Morgan fingerprint density at radius 2 is 2.18 bits per heavy atom. The van der Waals surface area contributed by atoms with Crippen LogP contribution in [-0.2, 0) is 11.3 Å². The Bertz CT molecular complexity index is 943. The second-order valence-electron chi connectivity index (χ2n) is 4.60. The molecule has 0 fully saturated rings. The maximum absolute atomic E-state index is 12.2. The molecule has 1 aromatic carbocycles. The third-order valence-corrected chi connectivity index (χ3v) is 4.17. The summed E-state index contributed by atoms with van der Waals surface area (Å²) in [4.78, 5) is 20.7. The molecule has 0 atom stereocenters. The van der Waals surface area contributed by atoms with E-state index in [4.69, 9.17) is 4.74 Å². The van der Waals surface area contributed by atoms with Crippen molar-refractivity contribution >= 4 is 33.2 Å². The Morgan fingerprint density at radius 1 is 1.27 bits per heavy atom. The topological polar surface area (TPSA) is 69.4 Å². The molecule has 4 aromatic rings. The Morgan fingerprint density at radius 3 is 3.09 bits per heavy atom. The molecular weight excluding hydrogens is 300 g/mol. The number of aromatic nitrogens is 4. The molecule has 0 spiro atoms. The van der Waals surface area contributed by atoms with E-state index < -0.39 is 5.97 Å². The van der Waals surface area contributed by atoms with Gasteiger partial charge in [-0.3, -0.25) is 0 Å². The van der Waals surface area contributed by atoms with Crippen LogP contribution in [0.25, 0.3) is 15.9 Å². The molecule has 0 amide bonds. The molecule has 108 valence electrons. The number of fused-ring (bicyclic) bond motifs is 2. The lowest BCUT2D eigenvalue weighted by atomic mass is 10.3. The summed E-state index contributed by atoms with van der Waals surface area (Å²) in [5.41, 5.74) is 1.75. The molecule has 0 aliphatic carbocycles. The first-order chi connectivity index (χ1) is 10.8. The lowest BCUT2D eigenvalue weighted by Gasteiger charge is -2.00. The first kappa shape index (κ1) is 12.9. The maximum atomic E-state index is 12.2. The molecule has 7 heteroatoms. The number of esters is 1. The Labute approximate surface area is 129 Å². The summed E-state index contributed by atoms with van der Waals surface area (Å²) in [7, 11) is 0. The molecule has 0 bridgehead atoms. The van der Waals surface area contributed by atoms with Crippen LogP contribution in [0, 0.1) is 0 Å². The zero-order valence-corrected chi connectivity index (χ0v) is 12.2. The summed E-state index contributed by atoms with van der Waals surface area (Å²) >= 11 is 1.52. The molecule has 6 nitrogen and oxygen atoms in total. The van der Waals surface area contributed by atoms with Gasteiger partial charge in [0.25, 0.3) is 0 Å². The van der Waals surface area contributed by atoms with Crippen LogP contribution in [-0.4, -0.2) is 25.6 Å². The quantitative estimate of drug-likeness (QED) is 0.544. The molecule has 3 aromatic heterocycles. The van der Waals surface area contributed by atoms with E-state index >= 15 is 0 Å². The normalized spacial score (nSPS) is 11.1. The SMILES string of the molecule is O=C(OCc1nc2ccccc2s1)c1cnn2cccnc12. The third-order valence-electron chi connectivity index (χ3n) is 3.16. The molecule has 0 radical (unpaired) electrons. The monoisotopic (exact) mass is 310 g/mol. The van der Waals surface area contributed by atoms with Crippen LogP contribution in [0.3, 0.4) is 0 Å². The molecule has 0 saturated carbocycles. The standard InChI is InChI=1S/C15H10N4O2S/c20-15(10-8-17-19-7-3-6-16-14(10)19)21-9-13-18-11-4-1-2-5-12(11)22-13/h1-8H,9H2. The number of nitrogens with zero attached hydrogens (tertiary/aromatic N) is 4. The molecule has 3 heterocycles. The van der Waals surface area contributed by atoms with Gasteiger partial charge in [0.2, 0.25) is 0 Å². The van der Waals surface area contributed by atoms with Gasteiger partial charge in [-0.25, -0.2) is 19.3 Å². The first-order valence-corrected chi connectivity index (χ1v) is 7.43. The number of ether oxygens (including phenoxy) is 1. The molecule has 0 unspecified atom stereocenters. The van der Waals surface area contributed by atoms with Gasteiger partial charge < -0.3 is 4.74 Å². The average molecular weight is 310 g/mol. The number of carbonyl (C=O) groups excluding carboxylic acids is 1. The lowest BCUT2D eigenvalue weighted by Crippen LogP contribution is -2.05. The van der Waals surface area contributed by atoms with Crippen molar-refractivity contribution in [2.24, 2.45) is 0 Å². The van der Waals surface area contributed by atoms with Crippen molar-refractivity contribution in [1.82, 2.24) is 19.6 Å². The summed E-state index contributed by atoms with van der Waals surface area (Å²) in [6, 6.07) is 9.57. The minimum Gasteiger partial charge on any atom is -0.455 e. The van der Waals surface area contributed by atoms with Crippen molar-refractivity contribution in [2.75, 3.05) is 0 Å². The highest BCUT2D eigenvalue weighted by Gasteiger charge is 2.16. The van der Waals surface area contributed by atoms with Crippen LogP contribution < -0.4 is 0 Å². The summed E-state index contributed by atoms with van der Waals surface area (Å²) < 4.78 is 7.94. The van der Waals surface area contributed by atoms with Gasteiger partial charge in [0.1, 0.15) is 17.2 Å². The van der Waals surface area contributed by atoms with Crippen molar-refractivity contribution in [1.29, 1.82) is 0 Å². The summed E-state index contributed by atoms with van der Waals surface area (Å²) in [5, 5.41) is 4.83. The Hall–Kier alpha value is -2.80. The predicted octanol–water partition coefficient (Wildman–Crippen LogP) is 2.70. The number of hydrogen-bond donors (Lipinski definition) is 0. The van der Waals surface area contributed by atoms with Gasteiger partial charge in [-0.2, -0.15) is 5.10 Å². The highest BCUT2D eigenvalue weighted by Crippen LogP contribution is 2.22. The Balaban J connectivity index is 1.54. The van der Waals surface area contributed by atoms with E-state index in [1.54, 1.807) is 18.5 Å². The van der Waals surface area contributed by atoms with Gasteiger partial charge in [0.05, 0.1) is 16.4 Å². The number of para-hydroxylation sites is 1. The highest BCUT2D eigenvalue weighted by molar-refractivity contribution is 7.18. The largest absolute Gasteiger partial charge is 0.455 e. The number of rotatable bonds is 3. The summed E-state index contributed by atoms with van der Waals surface area (Å²) in [6.45, 7) is 0.141. The van der Waals surface area contributed by atoms with E-state index in [1.165, 1.54) is 22.0 Å². The van der Waals surface area contributed by atoms with Crippen LogP contribution in [0.15, 0.2) is 48.9 Å². The fourth-order valence-electron chi connectivity index (χ4n) is 2.16. The van der Waals surface area contributed by atoms with E-state index in [2.05, 4.69) is 15.1 Å². The van der Waals surface area contributed by atoms with Crippen LogP contribution in [0.4, 0.5) is 0 Å². The van der Waals surface area contributed by atoms with Gasteiger partial charge in [0.15, 0.2) is 5.65 Å². The number of carbonyl (C=O) groups is 1. The smallest absolute Gasteiger partial charge is 0.344 e. The number of thiazole rings is 1. The maximum Gasteiger partial charge on any atom is 0.344 e. The van der Waals surface area contributed by atoms with Crippen LogP contribution in [0.1, 0.15) is 15.4 Å². The molecular formula is C15H10N4O2S. The number of hydrogen-bond acceptors (Lipinski definition) is 6. The van der Waals surface area contributed by atoms with E-state index in [0.29, 0.717) is 11.2 Å². The van der Waals surface area contributed by atoms with E-state index in [-0.39, 0.29) is 6.61 Å². The summed E-state index contributed by atoms with van der Waals surface area (Å²) in [5.74, 6) is -0.451. The van der Waals surface area contributed by atoms with Gasteiger partial charge in [-0.15, -0.1) is 11.3 Å². The van der Waals surface area contributed by atoms with E-state index in [1.807, 2.05) is 24.3 Å². The van der Waals surface area contributed by atoms with Crippen molar-refractivity contribution in [3.05, 3.63) is 59.5 Å². The molecule has 4 rings (SSSR count). The second-order valence-corrected chi connectivity index (χ2v) is 5.71. The van der Waals surface area contributed by atoms with Crippen LogP contribution in [0.2, 0.25) is 0 Å². The second kappa shape index (κ2) is 5.19. The van der Waals surface area contributed by atoms with Crippen molar-refractivity contribution in [3.8, 4) is 0 Å². The van der Waals surface area contributed by atoms with Crippen LogP contribution in [0.5, 0.6) is 0 Å². The van der Waals surface area contributed by atoms with Crippen molar-refractivity contribution in [3.63, 3.8) is 0 Å². The fraction of sp³-hybridized carbons (Fsp3) is 0.0667. The molecule has 0 saturated heterocycles. The van der Waals surface area contributed by atoms with Crippen molar-refractivity contribution in [2.45, 2.75) is 6.61 Å². The van der Waals surface area contributed by atoms with E-state index in [9.17, 15) is 4.79 Å². The zero-order chi connectivity index (χ0) is 14.9. The third kappa shape index (κ3) is 2.21. The van der Waals surface area contributed by atoms with Gasteiger partial charge in [0, 0.05) is 12.4 Å². The number of benzene rings is 1.